The zero-order valence-electron chi connectivity index (χ0n) is 8.52. The third kappa shape index (κ3) is 1.21. The summed E-state index contributed by atoms with van der Waals surface area (Å²) in [5.74, 6) is 0.429. The topological polar surface area (TPSA) is 69.6 Å². The number of anilines is 1. The SMILES string of the molecule is CC(C)(C)n1nnc2c(N)nccc21. The lowest BCUT2D eigenvalue weighted by atomic mass is 10.1. The van der Waals surface area contributed by atoms with Gasteiger partial charge >= 0.3 is 0 Å². The van der Waals surface area contributed by atoms with Crippen LogP contribution in [0.15, 0.2) is 12.3 Å². The first-order chi connectivity index (χ1) is 6.50. The van der Waals surface area contributed by atoms with E-state index in [0.29, 0.717) is 11.3 Å². The summed E-state index contributed by atoms with van der Waals surface area (Å²) in [7, 11) is 0. The highest BCUT2D eigenvalue weighted by molar-refractivity contribution is 5.83. The first kappa shape index (κ1) is 8.93. The van der Waals surface area contributed by atoms with Crippen LogP contribution in [0, 0.1) is 0 Å². The molecular formula is C9H13N5. The van der Waals surface area contributed by atoms with Crippen molar-refractivity contribution in [2.24, 2.45) is 0 Å². The highest BCUT2D eigenvalue weighted by atomic mass is 15.5. The highest BCUT2D eigenvalue weighted by Gasteiger charge is 2.18. The Balaban J connectivity index is 2.76. The normalized spacial score (nSPS) is 12.2. The number of pyridine rings is 1. The Hall–Kier alpha value is -1.65. The summed E-state index contributed by atoms with van der Waals surface area (Å²) in [5, 5.41) is 8.08. The Morgan fingerprint density at radius 2 is 2.07 bits per heavy atom. The lowest BCUT2D eigenvalue weighted by Gasteiger charge is -2.18. The fourth-order valence-corrected chi connectivity index (χ4v) is 1.37. The first-order valence-corrected chi connectivity index (χ1v) is 4.46. The maximum absolute atomic E-state index is 5.69. The number of hydrogen-bond acceptors (Lipinski definition) is 4. The van der Waals surface area contributed by atoms with Crippen molar-refractivity contribution in [2.75, 3.05) is 5.73 Å². The Labute approximate surface area is 81.9 Å². The van der Waals surface area contributed by atoms with Gasteiger partial charge in [0.1, 0.15) is 0 Å². The minimum atomic E-state index is -0.0947. The molecule has 2 heterocycles. The predicted octanol–water partition coefficient (Wildman–Crippen LogP) is 1.16. The Kier molecular flexibility index (Phi) is 1.70. The number of nitrogens with two attached hydrogens (primary N) is 1. The van der Waals surface area contributed by atoms with Gasteiger partial charge in [0.25, 0.3) is 0 Å². The van der Waals surface area contributed by atoms with Gasteiger partial charge in [0.2, 0.25) is 0 Å². The molecule has 2 rings (SSSR count). The van der Waals surface area contributed by atoms with E-state index in [1.54, 1.807) is 6.20 Å². The quantitative estimate of drug-likeness (QED) is 0.678. The molecule has 5 heteroatoms. The second-order valence-electron chi connectivity index (χ2n) is 4.24. The summed E-state index contributed by atoms with van der Waals surface area (Å²) >= 11 is 0. The number of nitrogens with zero attached hydrogens (tertiary/aromatic N) is 4. The summed E-state index contributed by atoms with van der Waals surface area (Å²) in [5.41, 5.74) is 7.18. The number of rotatable bonds is 0. The molecule has 0 saturated heterocycles. The molecule has 0 saturated carbocycles. The molecule has 0 bridgehead atoms. The molecule has 0 atom stereocenters. The van der Waals surface area contributed by atoms with Crippen LogP contribution in [0.2, 0.25) is 0 Å². The Bertz CT molecular complexity index is 465. The Morgan fingerprint density at radius 1 is 1.36 bits per heavy atom. The average Bonchev–Trinajstić information content (AvgIpc) is 2.47. The van der Waals surface area contributed by atoms with Crippen molar-refractivity contribution in [2.45, 2.75) is 26.3 Å². The van der Waals surface area contributed by atoms with Crippen molar-refractivity contribution in [3.63, 3.8) is 0 Å². The molecule has 0 aromatic carbocycles. The number of aromatic nitrogens is 4. The molecule has 5 nitrogen and oxygen atoms in total. The summed E-state index contributed by atoms with van der Waals surface area (Å²) in [6, 6.07) is 1.87. The van der Waals surface area contributed by atoms with Crippen LogP contribution < -0.4 is 5.73 Å². The van der Waals surface area contributed by atoms with E-state index >= 15 is 0 Å². The molecule has 74 valence electrons. The van der Waals surface area contributed by atoms with E-state index < -0.39 is 0 Å². The van der Waals surface area contributed by atoms with Crippen LogP contribution in [0.25, 0.3) is 11.0 Å². The second kappa shape index (κ2) is 2.67. The predicted molar refractivity (Wildman–Crippen MR) is 54.7 cm³/mol. The van der Waals surface area contributed by atoms with Crippen LogP contribution in [0.3, 0.4) is 0 Å². The van der Waals surface area contributed by atoms with E-state index in [1.807, 2.05) is 10.7 Å². The van der Waals surface area contributed by atoms with Crippen LogP contribution >= 0.6 is 0 Å². The standard InChI is InChI=1S/C9H13N5/c1-9(2,3)14-6-4-5-11-8(10)7(6)12-13-14/h4-5H,1-3H3,(H2,10,11). The maximum atomic E-state index is 5.69. The van der Waals surface area contributed by atoms with Crippen LogP contribution in [0.1, 0.15) is 20.8 Å². The van der Waals surface area contributed by atoms with Gasteiger partial charge in [-0.15, -0.1) is 5.10 Å². The van der Waals surface area contributed by atoms with Crippen LogP contribution in [0.4, 0.5) is 5.82 Å². The molecule has 2 N–H and O–H groups in total. The zero-order chi connectivity index (χ0) is 10.3. The minimum absolute atomic E-state index is 0.0947. The van der Waals surface area contributed by atoms with Crippen molar-refractivity contribution in [3.8, 4) is 0 Å². The molecule has 0 radical (unpaired) electrons. The average molecular weight is 191 g/mol. The van der Waals surface area contributed by atoms with Crippen LogP contribution in [0.5, 0.6) is 0 Å². The van der Waals surface area contributed by atoms with Crippen molar-refractivity contribution in [1.82, 2.24) is 20.0 Å². The molecule has 2 aromatic rings. The maximum Gasteiger partial charge on any atom is 0.155 e. The lowest BCUT2D eigenvalue weighted by molar-refractivity contribution is 0.358. The summed E-state index contributed by atoms with van der Waals surface area (Å²) in [6.07, 6.45) is 1.67. The molecule has 0 fully saturated rings. The molecular weight excluding hydrogens is 178 g/mol. The van der Waals surface area contributed by atoms with Gasteiger partial charge in [-0.3, -0.25) is 0 Å². The second-order valence-corrected chi connectivity index (χ2v) is 4.24. The number of fused-ring (bicyclic) bond motifs is 1. The fraction of sp³-hybridized carbons (Fsp3) is 0.444. The van der Waals surface area contributed by atoms with E-state index in [2.05, 4.69) is 36.1 Å². The molecule has 14 heavy (non-hydrogen) atoms. The fourth-order valence-electron chi connectivity index (χ4n) is 1.37. The number of nitrogen functional groups attached to an aromatic ring is 1. The number of hydrogen-bond donors (Lipinski definition) is 1. The Morgan fingerprint density at radius 3 is 2.71 bits per heavy atom. The van der Waals surface area contributed by atoms with E-state index in [0.717, 1.165) is 5.52 Å². The molecule has 0 amide bonds. The van der Waals surface area contributed by atoms with E-state index in [4.69, 9.17) is 5.73 Å². The van der Waals surface area contributed by atoms with Gasteiger partial charge in [0.15, 0.2) is 11.3 Å². The lowest BCUT2D eigenvalue weighted by Crippen LogP contribution is -2.23. The van der Waals surface area contributed by atoms with Gasteiger partial charge in [0.05, 0.1) is 11.1 Å². The molecule has 0 aliphatic rings. The first-order valence-electron chi connectivity index (χ1n) is 4.46. The van der Waals surface area contributed by atoms with Crippen molar-refractivity contribution in [1.29, 1.82) is 0 Å². The monoisotopic (exact) mass is 191 g/mol. The van der Waals surface area contributed by atoms with E-state index in [9.17, 15) is 0 Å². The molecule has 0 aliphatic carbocycles. The summed E-state index contributed by atoms with van der Waals surface area (Å²) < 4.78 is 1.85. The van der Waals surface area contributed by atoms with Gasteiger partial charge in [-0.2, -0.15) is 0 Å². The van der Waals surface area contributed by atoms with Crippen molar-refractivity contribution >= 4 is 16.9 Å². The third-order valence-electron chi connectivity index (χ3n) is 2.03. The molecule has 0 unspecified atom stereocenters. The van der Waals surface area contributed by atoms with Gasteiger partial charge in [-0.05, 0) is 26.8 Å². The third-order valence-corrected chi connectivity index (χ3v) is 2.03. The minimum Gasteiger partial charge on any atom is -0.382 e. The largest absolute Gasteiger partial charge is 0.382 e. The zero-order valence-corrected chi connectivity index (χ0v) is 8.52. The van der Waals surface area contributed by atoms with Gasteiger partial charge in [-0.25, -0.2) is 9.67 Å². The summed E-state index contributed by atoms with van der Waals surface area (Å²) in [4.78, 5) is 3.96. The summed E-state index contributed by atoms with van der Waals surface area (Å²) in [6.45, 7) is 6.20. The van der Waals surface area contributed by atoms with Gasteiger partial charge < -0.3 is 5.73 Å². The van der Waals surface area contributed by atoms with Crippen LogP contribution in [-0.2, 0) is 5.54 Å². The van der Waals surface area contributed by atoms with Crippen molar-refractivity contribution < 1.29 is 0 Å². The van der Waals surface area contributed by atoms with E-state index in [-0.39, 0.29) is 5.54 Å². The highest BCUT2D eigenvalue weighted by Crippen LogP contribution is 2.21. The van der Waals surface area contributed by atoms with Gasteiger partial charge in [-0.1, -0.05) is 5.21 Å². The van der Waals surface area contributed by atoms with Crippen LogP contribution in [-0.4, -0.2) is 20.0 Å². The molecule has 2 aromatic heterocycles. The molecule has 0 spiro atoms. The molecule has 0 aliphatic heterocycles. The smallest absolute Gasteiger partial charge is 0.155 e. The van der Waals surface area contributed by atoms with E-state index in [1.165, 1.54) is 0 Å². The van der Waals surface area contributed by atoms with Gasteiger partial charge in [0, 0.05) is 6.20 Å². The van der Waals surface area contributed by atoms with Crippen molar-refractivity contribution in [3.05, 3.63) is 12.3 Å².